The topological polar surface area (TPSA) is 46.2 Å². The van der Waals surface area contributed by atoms with E-state index in [0.717, 1.165) is 28.9 Å². The van der Waals surface area contributed by atoms with Crippen molar-refractivity contribution in [1.29, 1.82) is 0 Å². The number of hydrogen-bond donors (Lipinski definition) is 1. The van der Waals surface area contributed by atoms with Gasteiger partial charge < -0.3 is 0 Å². The summed E-state index contributed by atoms with van der Waals surface area (Å²) in [6, 6.07) is 12.8. The molecule has 0 aromatic heterocycles. The second-order valence-electron chi connectivity index (χ2n) is 4.68. The molecule has 5 heteroatoms. The molecular formula is C15H18BrNO2S. The molecule has 0 saturated heterocycles. The molecule has 2 aromatic carbocycles. The normalized spacial score (nSPS) is 13.5. The Labute approximate surface area is 128 Å². The summed E-state index contributed by atoms with van der Waals surface area (Å²) in [5.74, 6) is 0. The summed E-state index contributed by atoms with van der Waals surface area (Å²) in [6.45, 7) is 1.99. The van der Waals surface area contributed by atoms with Crippen molar-refractivity contribution in [3.05, 3.63) is 42.5 Å². The van der Waals surface area contributed by atoms with Crippen molar-refractivity contribution >= 4 is 36.7 Å². The van der Waals surface area contributed by atoms with E-state index in [1.807, 2.05) is 37.3 Å². The fraction of sp³-hybridized carbons (Fsp3) is 0.333. The van der Waals surface area contributed by atoms with E-state index in [0.29, 0.717) is 4.90 Å². The van der Waals surface area contributed by atoms with Crippen molar-refractivity contribution in [3.8, 4) is 0 Å². The van der Waals surface area contributed by atoms with Gasteiger partial charge in [-0.3, -0.25) is 0 Å². The van der Waals surface area contributed by atoms with Crippen molar-refractivity contribution in [1.82, 2.24) is 4.72 Å². The van der Waals surface area contributed by atoms with E-state index in [-0.39, 0.29) is 6.04 Å². The van der Waals surface area contributed by atoms with Gasteiger partial charge in [-0.15, -0.1) is 0 Å². The molecule has 1 N–H and O–H groups in total. The molecule has 0 aliphatic carbocycles. The molecule has 20 heavy (non-hydrogen) atoms. The minimum absolute atomic E-state index is 0.0432. The van der Waals surface area contributed by atoms with Crippen LogP contribution in [0.3, 0.4) is 0 Å². The lowest BCUT2D eigenvalue weighted by Gasteiger charge is -2.17. The average Bonchev–Trinajstić information content (AvgIpc) is 2.46. The number of rotatable bonds is 6. The van der Waals surface area contributed by atoms with Crippen molar-refractivity contribution < 1.29 is 8.42 Å². The molecule has 0 amide bonds. The molecule has 0 bridgehead atoms. The van der Waals surface area contributed by atoms with Crippen LogP contribution in [0, 0.1) is 0 Å². The Morgan fingerprint density at radius 1 is 1.15 bits per heavy atom. The first-order valence-electron chi connectivity index (χ1n) is 6.64. The number of benzene rings is 2. The van der Waals surface area contributed by atoms with Crippen LogP contribution in [0.1, 0.15) is 19.8 Å². The molecule has 3 nitrogen and oxygen atoms in total. The van der Waals surface area contributed by atoms with E-state index >= 15 is 0 Å². The van der Waals surface area contributed by atoms with Crippen molar-refractivity contribution in [2.45, 2.75) is 30.7 Å². The summed E-state index contributed by atoms with van der Waals surface area (Å²) in [6.07, 6.45) is 1.55. The molecule has 1 atom stereocenters. The van der Waals surface area contributed by atoms with Crippen LogP contribution < -0.4 is 4.72 Å². The van der Waals surface area contributed by atoms with Crippen LogP contribution in [0.4, 0.5) is 0 Å². The Morgan fingerprint density at radius 2 is 1.85 bits per heavy atom. The van der Waals surface area contributed by atoms with Gasteiger partial charge >= 0.3 is 0 Å². The molecule has 0 heterocycles. The van der Waals surface area contributed by atoms with Crippen LogP contribution in [0.2, 0.25) is 0 Å². The first-order valence-corrected chi connectivity index (χ1v) is 9.25. The number of sulfonamides is 1. The van der Waals surface area contributed by atoms with Crippen LogP contribution >= 0.6 is 15.9 Å². The lowest BCUT2D eigenvalue weighted by atomic mass is 10.1. The smallest absolute Gasteiger partial charge is 0.208 e. The zero-order chi connectivity index (χ0) is 14.6. The van der Waals surface area contributed by atoms with E-state index in [9.17, 15) is 8.42 Å². The molecule has 1 unspecified atom stereocenters. The SMILES string of the molecule is CCC(CCBr)NS(=O)(=O)c1cccc2ccccc12. The van der Waals surface area contributed by atoms with Gasteiger partial charge in [-0.1, -0.05) is 59.3 Å². The van der Waals surface area contributed by atoms with E-state index in [2.05, 4.69) is 20.7 Å². The Morgan fingerprint density at radius 3 is 2.55 bits per heavy atom. The van der Waals surface area contributed by atoms with Gasteiger partial charge in [0, 0.05) is 16.8 Å². The third kappa shape index (κ3) is 3.40. The Balaban J connectivity index is 2.41. The monoisotopic (exact) mass is 355 g/mol. The van der Waals surface area contributed by atoms with Crippen LogP contribution in [0.15, 0.2) is 47.4 Å². The van der Waals surface area contributed by atoms with E-state index in [4.69, 9.17) is 0 Å². The van der Waals surface area contributed by atoms with Gasteiger partial charge in [0.05, 0.1) is 4.90 Å². The Hall–Kier alpha value is -0.910. The predicted octanol–water partition coefficient (Wildman–Crippen LogP) is 3.68. The molecule has 0 radical (unpaired) electrons. The highest BCUT2D eigenvalue weighted by atomic mass is 79.9. The Kier molecular flexibility index (Phi) is 5.18. The van der Waals surface area contributed by atoms with Crippen LogP contribution in [0.5, 0.6) is 0 Å². The second-order valence-corrected chi connectivity index (χ2v) is 7.16. The third-order valence-electron chi connectivity index (χ3n) is 3.31. The maximum absolute atomic E-state index is 12.6. The summed E-state index contributed by atoms with van der Waals surface area (Å²) in [4.78, 5) is 0.351. The van der Waals surface area contributed by atoms with Gasteiger partial charge in [0.1, 0.15) is 0 Å². The molecule has 2 rings (SSSR count). The fourth-order valence-corrected chi connectivity index (χ4v) is 4.33. The summed E-state index contributed by atoms with van der Waals surface area (Å²) in [5.41, 5.74) is 0. The number of nitrogens with one attached hydrogen (secondary N) is 1. The van der Waals surface area contributed by atoms with Gasteiger partial charge in [0.2, 0.25) is 10.0 Å². The van der Waals surface area contributed by atoms with Crippen molar-refractivity contribution in [3.63, 3.8) is 0 Å². The fourth-order valence-electron chi connectivity index (χ4n) is 2.19. The minimum atomic E-state index is -3.49. The molecule has 0 saturated carbocycles. The van der Waals surface area contributed by atoms with Crippen LogP contribution in [-0.4, -0.2) is 19.8 Å². The second kappa shape index (κ2) is 6.70. The largest absolute Gasteiger partial charge is 0.241 e. The molecule has 2 aromatic rings. The molecule has 0 spiro atoms. The van der Waals surface area contributed by atoms with Crippen molar-refractivity contribution in [2.24, 2.45) is 0 Å². The van der Waals surface area contributed by atoms with E-state index in [1.165, 1.54) is 0 Å². The van der Waals surface area contributed by atoms with Crippen molar-refractivity contribution in [2.75, 3.05) is 5.33 Å². The summed E-state index contributed by atoms with van der Waals surface area (Å²) in [5, 5.41) is 2.48. The number of halogens is 1. The number of alkyl halides is 1. The zero-order valence-electron chi connectivity index (χ0n) is 11.3. The number of hydrogen-bond acceptors (Lipinski definition) is 2. The summed E-state index contributed by atoms with van der Waals surface area (Å²) < 4.78 is 27.9. The molecular weight excluding hydrogens is 338 g/mol. The quantitative estimate of drug-likeness (QED) is 0.803. The highest BCUT2D eigenvalue weighted by Crippen LogP contribution is 2.23. The zero-order valence-corrected chi connectivity index (χ0v) is 13.7. The predicted molar refractivity (Wildman–Crippen MR) is 86.8 cm³/mol. The molecule has 0 aliphatic rings. The highest BCUT2D eigenvalue weighted by Gasteiger charge is 2.20. The van der Waals surface area contributed by atoms with Gasteiger partial charge in [0.25, 0.3) is 0 Å². The highest BCUT2D eigenvalue weighted by molar-refractivity contribution is 9.09. The van der Waals surface area contributed by atoms with Gasteiger partial charge in [-0.05, 0) is 24.3 Å². The average molecular weight is 356 g/mol. The summed E-state index contributed by atoms with van der Waals surface area (Å²) in [7, 11) is -3.49. The molecule has 0 fully saturated rings. The number of fused-ring (bicyclic) bond motifs is 1. The van der Waals surface area contributed by atoms with Gasteiger partial charge in [-0.2, -0.15) is 0 Å². The minimum Gasteiger partial charge on any atom is -0.208 e. The van der Waals surface area contributed by atoms with Gasteiger partial charge in [0.15, 0.2) is 0 Å². The first-order chi connectivity index (χ1) is 9.58. The lowest BCUT2D eigenvalue weighted by molar-refractivity contribution is 0.533. The standard InChI is InChI=1S/C15H18BrNO2S/c1-2-13(10-11-16)17-20(18,19)15-9-5-7-12-6-3-4-8-14(12)15/h3-9,13,17H,2,10-11H2,1H3. The lowest BCUT2D eigenvalue weighted by Crippen LogP contribution is -2.34. The first kappa shape index (κ1) is 15.5. The maximum atomic E-state index is 12.6. The van der Waals surface area contributed by atoms with Crippen LogP contribution in [-0.2, 0) is 10.0 Å². The van der Waals surface area contributed by atoms with Crippen LogP contribution in [0.25, 0.3) is 10.8 Å². The molecule has 0 aliphatic heterocycles. The van der Waals surface area contributed by atoms with E-state index < -0.39 is 10.0 Å². The van der Waals surface area contributed by atoms with E-state index in [1.54, 1.807) is 12.1 Å². The Bertz CT molecular complexity index is 680. The van der Waals surface area contributed by atoms with Gasteiger partial charge in [-0.25, -0.2) is 13.1 Å². The maximum Gasteiger partial charge on any atom is 0.241 e. The molecule has 108 valence electrons. The summed E-state index contributed by atoms with van der Waals surface area (Å²) >= 11 is 3.36. The third-order valence-corrected chi connectivity index (χ3v) is 5.35.